The smallest absolute Gasteiger partial charge is 0.153 e. The summed E-state index contributed by atoms with van der Waals surface area (Å²) >= 11 is 0. The highest BCUT2D eigenvalue weighted by atomic mass is 16.3. The number of rotatable bonds is 6. The second-order valence-corrected chi connectivity index (χ2v) is 14.3. The van der Waals surface area contributed by atoms with Gasteiger partial charge in [0.1, 0.15) is 17.2 Å². The van der Waals surface area contributed by atoms with Crippen LogP contribution in [0.25, 0.3) is 105 Å². The number of aromatic nitrogens is 3. The Kier molecular flexibility index (Phi) is 7.57. The number of benzene rings is 8. The molecule has 268 valence electrons. The van der Waals surface area contributed by atoms with Crippen LogP contribution in [0.5, 0.6) is 5.75 Å². The fourth-order valence-corrected chi connectivity index (χ4v) is 8.25. The van der Waals surface area contributed by atoms with Crippen LogP contribution >= 0.6 is 0 Å². The van der Waals surface area contributed by atoms with Gasteiger partial charge in [0.15, 0.2) is 5.58 Å². The molecule has 0 saturated heterocycles. The molecule has 8 aromatic carbocycles. The summed E-state index contributed by atoms with van der Waals surface area (Å²) in [5.41, 5.74) is 13.1. The zero-order valence-electron chi connectivity index (χ0n) is 30.7. The lowest BCUT2D eigenvalue weighted by atomic mass is 9.94. The first-order valence-electron chi connectivity index (χ1n) is 19.0. The number of nitrogens with zero attached hydrogens (tertiary/aromatic N) is 3. The SMILES string of the molecule is Oc1ccccc1-c1nc2c(-c3cc(-c4ccccc4)cc(-c4cc5c(cn4)oc4c6ccccc6ccc54)c3)cccc2n1-c1ccccc1-c1ccccc1. The first kappa shape index (κ1) is 32.7. The van der Waals surface area contributed by atoms with Gasteiger partial charge in [-0.1, -0.05) is 133 Å². The van der Waals surface area contributed by atoms with Gasteiger partial charge in [-0.2, -0.15) is 0 Å². The lowest BCUT2D eigenvalue weighted by molar-refractivity contribution is 0.477. The molecule has 0 aliphatic carbocycles. The molecule has 0 unspecified atom stereocenters. The first-order valence-corrected chi connectivity index (χ1v) is 19.0. The molecule has 0 amide bonds. The van der Waals surface area contributed by atoms with E-state index in [0.29, 0.717) is 11.4 Å². The van der Waals surface area contributed by atoms with E-state index in [9.17, 15) is 5.11 Å². The van der Waals surface area contributed by atoms with Crippen LogP contribution in [0.1, 0.15) is 0 Å². The average Bonchev–Trinajstić information content (AvgIpc) is 3.86. The van der Waals surface area contributed by atoms with Crippen LogP contribution < -0.4 is 0 Å². The predicted molar refractivity (Wildman–Crippen MR) is 232 cm³/mol. The summed E-state index contributed by atoms with van der Waals surface area (Å²) in [4.78, 5) is 10.4. The highest BCUT2D eigenvalue weighted by molar-refractivity contribution is 6.15. The van der Waals surface area contributed by atoms with Gasteiger partial charge < -0.3 is 9.52 Å². The third kappa shape index (κ3) is 5.48. The number of pyridine rings is 1. The number of hydrogen-bond acceptors (Lipinski definition) is 4. The van der Waals surface area contributed by atoms with Crippen LogP contribution in [0, 0.1) is 0 Å². The maximum absolute atomic E-state index is 11.3. The largest absolute Gasteiger partial charge is 0.507 e. The summed E-state index contributed by atoms with van der Waals surface area (Å²) in [5.74, 6) is 0.826. The molecule has 57 heavy (non-hydrogen) atoms. The highest BCUT2D eigenvalue weighted by Gasteiger charge is 2.22. The number of imidazole rings is 1. The molecule has 0 radical (unpaired) electrons. The quantitative estimate of drug-likeness (QED) is 0.185. The second-order valence-electron chi connectivity index (χ2n) is 14.3. The molecule has 0 saturated carbocycles. The third-order valence-electron chi connectivity index (χ3n) is 11.0. The molecule has 11 aromatic rings. The monoisotopic (exact) mass is 731 g/mol. The molecular formula is C52H33N3O2. The Bertz CT molecular complexity index is 3310. The Morgan fingerprint density at radius 2 is 1.16 bits per heavy atom. The minimum absolute atomic E-state index is 0.169. The van der Waals surface area contributed by atoms with E-state index in [1.807, 2.05) is 42.6 Å². The lowest BCUT2D eigenvalue weighted by Gasteiger charge is -2.15. The standard InChI is InChI=1S/C52H33N3O2/c56-48-25-12-10-21-43(48)52-54-50-40(22-13-24-47(50)55(52)46-23-11-9-19-39(46)34-16-5-2-6-17-34)37-28-36(33-14-3-1-4-15-33)29-38(30-37)45-31-44-42-27-26-35-18-7-8-20-41(35)51(42)57-49(44)32-53-45/h1-32,56H. The van der Waals surface area contributed by atoms with Crippen LogP contribution in [0.4, 0.5) is 0 Å². The van der Waals surface area contributed by atoms with Crippen molar-refractivity contribution in [1.29, 1.82) is 0 Å². The van der Waals surface area contributed by atoms with Gasteiger partial charge in [0.05, 0.1) is 34.2 Å². The van der Waals surface area contributed by atoms with Gasteiger partial charge in [-0.15, -0.1) is 0 Å². The van der Waals surface area contributed by atoms with E-state index < -0.39 is 0 Å². The molecule has 5 nitrogen and oxygen atoms in total. The van der Waals surface area contributed by atoms with Crippen molar-refractivity contribution in [2.45, 2.75) is 0 Å². The molecule has 1 N–H and O–H groups in total. The summed E-state index contributed by atoms with van der Waals surface area (Å²) in [6.07, 6.45) is 1.85. The Morgan fingerprint density at radius 3 is 2.00 bits per heavy atom. The normalized spacial score (nSPS) is 11.6. The molecule has 11 rings (SSSR count). The van der Waals surface area contributed by atoms with Crippen LogP contribution in [-0.2, 0) is 0 Å². The maximum atomic E-state index is 11.3. The molecule has 3 heterocycles. The molecule has 0 atom stereocenters. The summed E-state index contributed by atoms with van der Waals surface area (Å²) < 4.78 is 8.61. The van der Waals surface area contributed by atoms with Crippen molar-refractivity contribution in [2.75, 3.05) is 0 Å². The molecular weight excluding hydrogens is 699 g/mol. The average molecular weight is 732 g/mol. The van der Waals surface area contributed by atoms with Crippen molar-refractivity contribution >= 4 is 43.7 Å². The van der Waals surface area contributed by atoms with Crippen molar-refractivity contribution in [1.82, 2.24) is 14.5 Å². The Morgan fingerprint density at radius 1 is 0.474 bits per heavy atom. The number of phenolic OH excluding ortho intramolecular Hbond substituents is 1. The van der Waals surface area contributed by atoms with Gasteiger partial charge in [0, 0.05) is 32.8 Å². The number of furan rings is 1. The van der Waals surface area contributed by atoms with E-state index in [4.69, 9.17) is 14.4 Å². The molecule has 0 aliphatic heterocycles. The van der Waals surface area contributed by atoms with Crippen LogP contribution in [0.15, 0.2) is 199 Å². The van der Waals surface area contributed by atoms with E-state index >= 15 is 0 Å². The number of phenols is 1. The van der Waals surface area contributed by atoms with E-state index in [1.54, 1.807) is 6.07 Å². The molecule has 0 bridgehead atoms. The summed E-state index contributed by atoms with van der Waals surface area (Å²) in [5, 5.41) is 15.6. The van der Waals surface area contributed by atoms with Gasteiger partial charge in [0.25, 0.3) is 0 Å². The van der Waals surface area contributed by atoms with Crippen molar-refractivity contribution in [3.63, 3.8) is 0 Å². The summed E-state index contributed by atoms with van der Waals surface area (Å²) in [6, 6.07) is 64.4. The van der Waals surface area contributed by atoms with Crippen molar-refractivity contribution in [3.8, 4) is 67.5 Å². The molecule has 0 fully saturated rings. The van der Waals surface area contributed by atoms with Crippen molar-refractivity contribution in [3.05, 3.63) is 194 Å². The van der Waals surface area contributed by atoms with Gasteiger partial charge in [-0.3, -0.25) is 9.55 Å². The number of hydrogen-bond donors (Lipinski definition) is 1. The fraction of sp³-hybridized carbons (Fsp3) is 0. The molecule has 0 spiro atoms. The van der Waals surface area contributed by atoms with Gasteiger partial charge in [-0.05, 0) is 82.2 Å². The first-order chi connectivity index (χ1) is 28.2. The minimum atomic E-state index is 0.169. The van der Waals surface area contributed by atoms with Gasteiger partial charge >= 0.3 is 0 Å². The number of aromatic hydroxyl groups is 1. The minimum Gasteiger partial charge on any atom is -0.507 e. The van der Waals surface area contributed by atoms with Crippen molar-refractivity contribution in [2.24, 2.45) is 0 Å². The van der Waals surface area contributed by atoms with E-state index in [-0.39, 0.29) is 5.75 Å². The number of para-hydroxylation sites is 3. The lowest BCUT2D eigenvalue weighted by Crippen LogP contribution is -2.00. The van der Waals surface area contributed by atoms with Crippen LogP contribution in [-0.4, -0.2) is 19.6 Å². The second kappa shape index (κ2) is 13.2. The van der Waals surface area contributed by atoms with Crippen molar-refractivity contribution < 1.29 is 9.52 Å². The van der Waals surface area contributed by atoms with Gasteiger partial charge in [0.2, 0.25) is 0 Å². The van der Waals surface area contributed by atoms with E-state index in [1.165, 1.54) is 0 Å². The van der Waals surface area contributed by atoms with E-state index in [0.717, 1.165) is 94.1 Å². The van der Waals surface area contributed by atoms with Gasteiger partial charge in [-0.25, -0.2) is 4.98 Å². The Labute approximate surface area is 328 Å². The maximum Gasteiger partial charge on any atom is 0.153 e. The third-order valence-corrected chi connectivity index (χ3v) is 11.0. The molecule has 0 aliphatic rings. The zero-order chi connectivity index (χ0) is 37.9. The Balaban J connectivity index is 1.15. The van der Waals surface area contributed by atoms with Crippen LogP contribution in [0.3, 0.4) is 0 Å². The molecule has 5 heteroatoms. The van der Waals surface area contributed by atoms with Crippen LogP contribution in [0.2, 0.25) is 0 Å². The highest BCUT2D eigenvalue weighted by Crippen LogP contribution is 2.42. The Hall–Kier alpha value is -7.76. The summed E-state index contributed by atoms with van der Waals surface area (Å²) in [7, 11) is 0. The fourth-order valence-electron chi connectivity index (χ4n) is 8.25. The predicted octanol–water partition coefficient (Wildman–Crippen LogP) is 13.5. The number of fused-ring (bicyclic) bond motifs is 6. The van der Waals surface area contributed by atoms with E-state index in [2.05, 4.69) is 150 Å². The topological polar surface area (TPSA) is 64.1 Å². The molecule has 3 aromatic heterocycles. The zero-order valence-corrected chi connectivity index (χ0v) is 30.7. The summed E-state index contributed by atoms with van der Waals surface area (Å²) in [6.45, 7) is 0.